The van der Waals surface area contributed by atoms with Crippen LogP contribution in [0.25, 0.3) is 0 Å². The molecule has 0 aliphatic carbocycles. The van der Waals surface area contributed by atoms with Gasteiger partial charge in [-0.3, -0.25) is 0 Å². The van der Waals surface area contributed by atoms with Crippen molar-refractivity contribution < 1.29 is 10.2 Å². The third kappa shape index (κ3) is 5.83. The van der Waals surface area contributed by atoms with Gasteiger partial charge in [-0.1, -0.05) is 19.3 Å². The molecule has 1 rings (SSSR count). The molecule has 0 saturated carbocycles. The number of aliphatic hydroxyl groups is 2. The number of piperidine rings is 1. The fourth-order valence-corrected chi connectivity index (χ4v) is 2.48. The Balaban J connectivity index is 1.95. The molecular weight excluding hydrogens is 202 g/mol. The van der Waals surface area contributed by atoms with Crippen LogP contribution in [0.2, 0.25) is 0 Å². The van der Waals surface area contributed by atoms with Crippen molar-refractivity contribution in [1.29, 1.82) is 0 Å². The van der Waals surface area contributed by atoms with Crippen LogP contribution in [0.3, 0.4) is 0 Å². The standard InChI is InChI=1S/C13H27NO2/c15-10-5-3-1-2-4-8-14-9-6-7-13(11-14)12-16/h13,15-16H,1-12H2. The van der Waals surface area contributed by atoms with Gasteiger partial charge < -0.3 is 15.1 Å². The minimum atomic E-state index is 0.338. The van der Waals surface area contributed by atoms with Crippen molar-refractivity contribution in [3.8, 4) is 0 Å². The van der Waals surface area contributed by atoms with Crippen LogP contribution < -0.4 is 0 Å². The predicted molar refractivity (Wildman–Crippen MR) is 66.4 cm³/mol. The zero-order valence-electron chi connectivity index (χ0n) is 10.4. The molecule has 0 radical (unpaired) electrons. The summed E-state index contributed by atoms with van der Waals surface area (Å²) in [6.45, 7) is 4.19. The molecule has 16 heavy (non-hydrogen) atoms. The van der Waals surface area contributed by atoms with Gasteiger partial charge in [-0.15, -0.1) is 0 Å². The van der Waals surface area contributed by atoms with E-state index < -0.39 is 0 Å². The lowest BCUT2D eigenvalue weighted by atomic mass is 9.99. The number of hydrogen-bond donors (Lipinski definition) is 2. The minimum Gasteiger partial charge on any atom is -0.396 e. The Morgan fingerprint density at radius 2 is 1.75 bits per heavy atom. The zero-order valence-corrected chi connectivity index (χ0v) is 10.4. The fraction of sp³-hybridized carbons (Fsp3) is 1.00. The zero-order chi connectivity index (χ0) is 11.6. The molecule has 0 amide bonds. The first kappa shape index (κ1) is 13.9. The smallest absolute Gasteiger partial charge is 0.0471 e. The first-order valence-electron chi connectivity index (χ1n) is 6.81. The van der Waals surface area contributed by atoms with Gasteiger partial charge >= 0.3 is 0 Å². The van der Waals surface area contributed by atoms with Crippen molar-refractivity contribution in [2.24, 2.45) is 5.92 Å². The molecule has 0 aromatic carbocycles. The van der Waals surface area contributed by atoms with Crippen molar-refractivity contribution in [3.05, 3.63) is 0 Å². The minimum absolute atomic E-state index is 0.338. The Morgan fingerprint density at radius 1 is 1.00 bits per heavy atom. The molecule has 3 heteroatoms. The van der Waals surface area contributed by atoms with Crippen LogP contribution in [0.1, 0.15) is 44.9 Å². The van der Waals surface area contributed by atoms with Crippen LogP contribution in [0.5, 0.6) is 0 Å². The first-order valence-corrected chi connectivity index (χ1v) is 6.81. The van der Waals surface area contributed by atoms with Crippen LogP contribution in [0.15, 0.2) is 0 Å². The second-order valence-corrected chi connectivity index (χ2v) is 4.98. The second-order valence-electron chi connectivity index (χ2n) is 4.98. The van der Waals surface area contributed by atoms with Crippen LogP contribution >= 0.6 is 0 Å². The SMILES string of the molecule is OCCCCCCCN1CCCC(CO)C1. The molecule has 1 aliphatic heterocycles. The molecule has 0 spiro atoms. The van der Waals surface area contributed by atoms with Crippen LogP contribution in [0, 0.1) is 5.92 Å². The lowest BCUT2D eigenvalue weighted by molar-refractivity contribution is 0.119. The highest BCUT2D eigenvalue weighted by Gasteiger charge is 2.18. The van der Waals surface area contributed by atoms with Crippen LogP contribution in [-0.2, 0) is 0 Å². The summed E-state index contributed by atoms with van der Waals surface area (Å²) < 4.78 is 0. The number of unbranched alkanes of at least 4 members (excludes halogenated alkanes) is 4. The van der Waals surface area contributed by atoms with Crippen LogP contribution in [0.4, 0.5) is 0 Å². The van der Waals surface area contributed by atoms with E-state index in [4.69, 9.17) is 10.2 Å². The van der Waals surface area contributed by atoms with Gasteiger partial charge in [-0.25, -0.2) is 0 Å². The highest BCUT2D eigenvalue weighted by molar-refractivity contribution is 4.72. The Hall–Kier alpha value is -0.120. The van der Waals surface area contributed by atoms with Crippen molar-refractivity contribution in [3.63, 3.8) is 0 Å². The lowest BCUT2D eigenvalue weighted by Gasteiger charge is -2.31. The topological polar surface area (TPSA) is 43.7 Å². The molecule has 1 aliphatic rings. The highest BCUT2D eigenvalue weighted by atomic mass is 16.3. The van der Waals surface area contributed by atoms with Gasteiger partial charge in [0, 0.05) is 19.8 Å². The Kier molecular flexibility index (Phi) is 7.81. The molecule has 1 heterocycles. The normalized spacial score (nSPS) is 22.5. The van der Waals surface area contributed by atoms with Crippen molar-refractivity contribution in [2.75, 3.05) is 32.8 Å². The van der Waals surface area contributed by atoms with Gasteiger partial charge in [-0.2, -0.15) is 0 Å². The van der Waals surface area contributed by atoms with E-state index in [0.29, 0.717) is 19.1 Å². The summed E-state index contributed by atoms with van der Waals surface area (Å²) in [6.07, 6.45) is 8.35. The second kappa shape index (κ2) is 8.97. The highest BCUT2D eigenvalue weighted by Crippen LogP contribution is 2.16. The summed E-state index contributed by atoms with van der Waals surface area (Å²) in [5, 5.41) is 17.8. The fourth-order valence-electron chi connectivity index (χ4n) is 2.48. The summed E-state index contributed by atoms with van der Waals surface area (Å²) in [4.78, 5) is 2.50. The van der Waals surface area contributed by atoms with Crippen molar-refractivity contribution in [2.45, 2.75) is 44.9 Å². The molecule has 96 valence electrons. The quantitative estimate of drug-likeness (QED) is 0.622. The van der Waals surface area contributed by atoms with E-state index >= 15 is 0 Å². The maximum absolute atomic E-state index is 9.13. The molecule has 0 bridgehead atoms. The van der Waals surface area contributed by atoms with E-state index in [1.54, 1.807) is 0 Å². The van der Waals surface area contributed by atoms with E-state index in [0.717, 1.165) is 19.4 Å². The van der Waals surface area contributed by atoms with E-state index in [2.05, 4.69) is 4.90 Å². The van der Waals surface area contributed by atoms with E-state index in [1.165, 1.54) is 45.2 Å². The van der Waals surface area contributed by atoms with Gasteiger partial charge in [0.15, 0.2) is 0 Å². The monoisotopic (exact) mass is 229 g/mol. The van der Waals surface area contributed by atoms with Gasteiger partial charge in [0.05, 0.1) is 0 Å². The number of hydrogen-bond acceptors (Lipinski definition) is 3. The Bertz CT molecular complexity index is 164. The first-order chi connectivity index (χ1) is 7.86. The van der Waals surface area contributed by atoms with Crippen molar-refractivity contribution in [1.82, 2.24) is 4.90 Å². The van der Waals surface area contributed by atoms with Gasteiger partial charge in [0.1, 0.15) is 0 Å². The molecule has 1 fully saturated rings. The van der Waals surface area contributed by atoms with E-state index in [-0.39, 0.29) is 0 Å². The molecule has 1 unspecified atom stereocenters. The number of rotatable bonds is 8. The number of nitrogens with zero attached hydrogens (tertiary/aromatic N) is 1. The van der Waals surface area contributed by atoms with E-state index in [1.807, 2.05) is 0 Å². The molecule has 1 atom stereocenters. The molecule has 0 aromatic rings. The van der Waals surface area contributed by atoms with Gasteiger partial charge in [-0.05, 0) is 44.7 Å². The summed E-state index contributed by atoms with van der Waals surface area (Å²) >= 11 is 0. The van der Waals surface area contributed by atoms with Gasteiger partial charge in [0.2, 0.25) is 0 Å². The third-order valence-electron chi connectivity index (χ3n) is 3.49. The molecule has 2 N–H and O–H groups in total. The molecule has 3 nitrogen and oxygen atoms in total. The maximum atomic E-state index is 9.13. The summed E-state index contributed by atoms with van der Waals surface area (Å²) in [5.74, 6) is 0.517. The Labute approximate surface area is 99.5 Å². The Morgan fingerprint density at radius 3 is 2.50 bits per heavy atom. The average molecular weight is 229 g/mol. The summed E-state index contributed by atoms with van der Waals surface area (Å²) in [5.41, 5.74) is 0. The van der Waals surface area contributed by atoms with Gasteiger partial charge in [0.25, 0.3) is 0 Å². The van der Waals surface area contributed by atoms with Crippen LogP contribution in [-0.4, -0.2) is 48.0 Å². The number of likely N-dealkylation sites (tertiary alicyclic amines) is 1. The molecule has 1 saturated heterocycles. The predicted octanol–water partition coefficient (Wildman–Crippen LogP) is 1.63. The largest absolute Gasteiger partial charge is 0.396 e. The number of aliphatic hydroxyl groups excluding tert-OH is 2. The maximum Gasteiger partial charge on any atom is 0.0471 e. The average Bonchev–Trinajstić information content (AvgIpc) is 2.34. The van der Waals surface area contributed by atoms with Crippen molar-refractivity contribution >= 4 is 0 Å². The third-order valence-corrected chi connectivity index (χ3v) is 3.49. The van der Waals surface area contributed by atoms with E-state index in [9.17, 15) is 0 Å². The molecule has 0 aromatic heterocycles. The molecular formula is C13H27NO2. The summed E-state index contributed by atoms with van der Waals surface area (Å²) in [6, 6.07) is 0. The lowest BCUT2D eigenvalue weighted by Crippen LogP contribution is -2.37. The summed E-state index contributed by atoms with van der Waals surface area (Å²) in [7, 11) is 0.